The van der Waals surface area contributed by atoms with Crippen molar-refractivity contribution in [2.45, 2.75) is 25.8 Å². The maximum Gasteiger partial charge on any atom is 0.343 e. The molecule has 0 radical (unpaired) electrons. The summed E-state index contributed by atoms with van der Waals surface area (Å²) in [4.78, 5) is 23.4. The van der Waals surface area contributed by atoms with Gasteiger partial charge >= 0.3 is 11.9 Å². The lowest BCUT2D eigenvalue weighted by atomic mass is 10.1. The van der Waals surface area contributed by atoms with Crippen LogP contribution in [0.15, 0.2) is 85.1 Å². The van der Waals surface area contributed by atoms with Crippen LogP contribution >= 0.6 is 0 Å². The second kappa shape index (κ2) is 9.30. The molecule has 3 aromatic carbocycles. The minimum atomic E-state index is -0.775. The van der Waals surface area contributed by atoms with Gasteiger partial charge in [0.1, 0.15) is 5.75 Å². The van der Waals surface area contributed by atoms with Crippen LogP contribution in [0.3, 0.4) is 0 Å². The number of fused-ring (bicyclic) bond motifs is 1. The zero-order valence-electron chi connectivity index (χ0n) is 17.0. The van der Waals surface area contributed by atoms with E-state index < -0.39 is 5.97 Å². The second-order valence-corrected chi connectivity index (χ2v) is 7.45. The lowest BCUT2D eigenvalue weighted by molar-refractivity contribution is -0.137. The van der Waals surface area contributed by atoms with Gasteiger partial charge in [0.25, 0.3) is 0 Å². The molecular weight excluding hydrogens is 390 g/mol. The molecule has 0 saturated carbocycles. The molecule has 0 aliphatic rings. The van der Waals surface area contributed by atoms with Crippen LogP contribution in [0.1, 0.15) is 34.3 Å². The number of rotatable bonds is 8. The minimum Gasteiger partial charge on any atom is -0.481 e. The second-order valence-electron chi connectivity index (χ2n) is 7.45. The minimum absolute atomic E-state index is 0.158. The predicted molar refractivity (Wildman–Crippen MR) is 119 cm³/mol. The highest BCUT2D eigenvalue weighted by atomic mass is 16.5. The van der Waals surface area contributed by atoms with Crippen molar-refractivity contribution in [2.75, 3.05) is 0 Å². The summed E-state index contributed by atoms with van der Waals surface area (Å²) in [6, 6.07) is 24.6. The molecule has 0 amide bonds. The van der Waals surface area contributed by atoms with Crippen LogP contribution in [0.5, 0.6) is 5.75 Å². The van der Waals surface area contributed by atoms with Gasteiger partial charge in [0.05, 0.1) is 5.56 Å². The van der Waals surface area contributed by atoms with E-state index >= 15 is 0 Å². The molecule has 0 aliphatic heterocycles. The first-order chi connectivity index (χ1) is 15.1. The van der Waals surface area contributed by atoms with Gasteiger partial charge in [0, 0.05) is 30.1 Å². The number of esters is 1. The Morgan fingerprint density at radius 2 is 1.68 bits per heavy atom. The van der Waals surface area contributed by atoms with Crippen LogP contribution in [0, 0.1) is 0 Å². The third-order valence-corrected chi connectivity index (χ3v) is 5.18. The Labute approximate surface area is 180 Å². The Bertz CT molecular complexity index is 1210. The summed E-state index contributed by atoms with van der Waals surface area (Å²) in [5.74, 6) is -0.650. The van der Waals surface area contributed by atoms with Gasteiger partial charge in [-0.3, -0.25) is 4.79 Å². The van der Waals surface area contributed by atoms with E-state index in [0.29, 0.717) is 30.7 Å². The number of aryl methyl sites for hydroxylation is 1. The standard InChI is InChI=1S/C26H23NO4/c28-25(29)15-7-10-21-18-27(24-14-5-4-13-23(21)24)17-19-8-6-9-20(16-19)26(30)31-22-11-2-1-3-12-22/h1-6,8-9,11-14,16,18H,7,10,15,17H2,(H,28,29). The van der Waals surface area contributed by atoms with Crippen LogP contribution in [-0.4, -0.2) is 21.6 Å². The normalized spacial score (nSPS) is 10.8. The average molecular weight is 413 g/mol. The van der Waals surface area contributed by atoms with E-state index in [9.17, 15) is 9.59 Å². The van der Waals surface area contributed by atoms with E-state index in [4.69, 9.17) is 9.84 Å². The number of benzene rings is 3. The van der Waals surface area contributed by atoms with Crippen molar-refractivity contribution in [3.8, 4) is 5.75 Å². The molecule has 5 heteroatoms. The first-order valence-corrected chi connectivity index (χ1v) is 10.2. The molecule has 0 unspecified atom stereocenters. The maximum atomic E-state index is 12.5. The van der Waals surface area contributed by atoms with Crippen molar-refractivity contribution in [1.82, 2.24) is 4.57 Å². The summed E-state index contributed by atoms with van der Waals surface area (Å²) >= 11 is 0. The molecule has 0 fully saturated rings. The van der Waals surface area contributed by atoms with Gasteiger partial charge in [-0.1, -0.05) is 48.5 Å². The zero-order chi connectivity index (χ0) is 21.6. The Balaban J connectivity index is 1.54. The molecule has 0 saturated heterocycles. The molecule has 1 heterocycles. The molecule has 0 spiro atoms. The van der Waals surface area contributed by atoms with Crippen molar-refractivity contribution in [2.24, 2.45) is 0 Å². The highest BCUT2D eigenvalue weighted by Gasteiger charge is 2.12. The van der Waals surface area contributed by atoms with Crippen molar-refractivity contribution in [3.05, 3.63) is 102 Å². The van der Waals surface area contributed by atoms with Gasteiger partial charge in [-0.25, -0.2) is 4.79 Å². The zero-order valence-corrected chi connectivity index (χ0v) is 17.0. The molecule has 0 aliphatic carbocycles. The maximum absolute atomic E-state index is 12.5. The average Bonchev–Trinajstić information content (AvgIpc) is 3.12. The van der Waals surface area contributed by atoms with Crippen LogP contribution in [-0.2, 0) is 17.8 Å². The molecule has 1 aromatic heterocycles. The lowest BCUT2D eigenvalue weighted by Crippen LogP contribution is -2.09. The van der Waals surface area contributed by atoms with Gasteiger partial charge < -0.3 is 14.4 Å². The summed E-state index contributed by atoms with van der Waals surface area (Å²) in [7, 11) is 0. The van der Waals surface area contributed by atoms with Gasteiger partial charge in [0.15, 0.2) is 0 Å². The Kier molecular flexibility index (Phi) is 6.13. The summed E-state index contributed by atoms with van der Waals surface area (Å²) in [5, 5.41) is 10.1. The number of ether oxygens (including phenoxy) is 1. The molecule has 4 aromatic rings. The molecule has 4 rings (SSSR count). The number of aromatic nitrogens is 1. The SMILES string of the molecule is O=C(O)CCCc1cn(Cc2cccc(C(=O)Oc3ccccc3)c2)c2ccccc12. The Hall–Kier alpha value is -3.86. The summed E-state index contributed by atoms with van der Waals surface area (Å²) < 4.78 is 7.60. The fourth-order valence-corrected chi connectivity index (χ4v) is 3.73. The number of hydrogen-bond donors (Lipinski definition) is 1. The summed E-state index contributed by atoms with van der Waals surface area (Å²) in [5.41, 5.74) is 3.71. The number of carboxylic acids is 1. The van der Waals surface area contributed by atoms with Crippen LogP contribution in [0.25, 0.3) is 10.9 Å². The van der Waals surface area contributed by atoms with E-state index in [1.165, 1.54) is 0 Å². The van der Waals surface area contributed by atoms with E-state index in [-0.39, 0.29) is 12.4 Å². The molecular formula is C26H23NO4. The first-order valence-electron chi connectivity index (χ1n) is 10.2. The molecule has 0 atom stereocenters. The number of carboxylic acid groups (broad SMARTS) is 1. The number of hydrogen-bond acceptors (Lipinski definition) is 3. The fourth-order valence-electron chi connectivity index (χ4n) is 3.73. The van der Waals surface area contributed by atoms with Crippen molar-refractivity contribution >= 4 is 22.8 Å². The van der Waals surface area contributed by atoms with E-state index in [1.807, 2.05) is 48.5 Å². The van der Waals surface area contributed by atoms with Gasteiger partial charge in [-0.15, -0.1) is 0 Å². The number of aliphatic carboxylic acids is 1. The Morgan fingerprint density at radius 3 is 2.48 bits per heavy atom. The van der Waals surface area contributed by atoms with Crippen LogP contribution in [0.4, 0.5) is 0 Å². The largest absolute Gasteiger partial charge is 0.481 e. The summed E-state index contributed by atoms with van der Waals surface area (Å²) in [6.45, 7) is 0.603. The van der Waals surface area contributed by atoms with Gasteiger partial charge in [-0.2, -0.15) is 0 Å². The van der Waals surface area contributed by atoms with Crippen molar-refractivity contribution in [1.29, 1.82) is 0 Å². The van der Waals surface area contributed by atoms with Crippen LogP contribution < -0.4 is 4.74 Å². The lowest BCUT2D eigenvalue weighted by Gasteiger charge is -2.08. The number of carbonyl (C=O) groups is 2. The molecule has 1 N–H and O–H groups in total. The number of para-hydroxylation sites is 2. The quantitative estimate of drug-likeness (QED) is 0.314. The highest BCUT2D eigenvalue weighted by Crippen LogP contribution is 2.24. The monoisotopic (exact) mass is 413 g/mol. The van der Waals surface area contributed by atoms with E-state index in [2.05, 4.69) is 22.9 Å². The Morgan fingerprint density at radius 1 is 0.903 bits per heavy atom. The van der Waals surface area contributed by atoms with Gasteiger partial charge in [0.2, 0.25) is 0 Å². The highest BCUT2D eigenvalue weighted by molar-refractivity contribution is 5.91. The fraction of sp³-hybridized carbons (Fsp3) is 0.154. The molecule has 5 nitrogen and oxygen atoms in total. The molecule has 156 valence electrons. The first kappa shape index (κ1) is 20.4. The topological polar surface area (TPSA) is 68.5 Å². The molecule has 31 heavy (non-hydrogen) atoms. The number of carbonyl (C=O) groups excluding carboxylic acids is 1. The van der Waals surface area contributed by atoms with Crippen LogP contribution in [0.2, 0.25) is 0 Å². The summed E-state index contributed by atoms with van der Waals surface area (Å²) in [6.07, 6.45) is 3.56. The predicted octanol–water partition coefficient (Wildman–Crippen LogP) is 5.32. The van der Waals surface area contributed by atoms with Crippen molar-refractivity contribution in [3.63, 3.8) is 0 Å². The number of nitrogens with zero attached hydrogens (tertiary/aromatic N) is 1. The van der Waals surface area contributed by atoms with E-state index in [1.54, 1.807) is 18.2 Å². The third kappa shape index (κ3) is 5.01. The third-order valence-electron chi connectivity index (χ3n) is 5.18. The van der Waals surface area contributed by atoms with Crippen molar-refractivity contribution < 1.29 is 19.4 Å². The van der Waals surface area contributed by atoms with Gasteiger partial charge in [-0.05, 0) is 54.3 Å². The molecule has 0 bridgehead atoms. The van der Waals surface area contributed by atoms with E-state index in [0.717, 1.165) is 22.0 Å². The smallest absolute Gasteiger partial charge is 0.343 e.